The van der Waals surface area contributed by atoms with Crippen molar-refractivity contribution in [3.63, 3.8) is 0 Å². The topological polar surface area (TPSA) is 62.9 Å². The van der Waals surface area contributed by atoms with E-state index < -0.39 is 6.10 Å². The van der Waals surface area contributed by atoms with Gasteiger partial charge in [-0.15, -0.1) is 0 Å². The van der Waals surface area contributed by atoms with Crippen molar-refractivity contribution < 1.29 is 19.1 Å². The van der Waals surface area contributed by atoms with Crippen LogP contribution >= 0.6 is 0 Å². The van der Waals surface area contributed by atoms with Crippen LogP contribution in [0.5, 0.6) is 5.75 Å². The maximum absolute atomic E-state index is 12.4. The predicted molar refractivity (Wildman–Crippen MR) is 76.0 cm³/mol. The molecule has 5 heteroatoms. The number of hydrogen-bond acceptors (Lipinski definition) is 4. The number of likely N-dealkylation sites (tertiary alicyclic amines) is 1. The molecule has 0 spiro atoms. The van der Waals surface area contributed by atoms with Crippen molar-refractivity contribution >= 4 is 5.91 Å². The molecule has 1 N–H and O–H groups in total. The van der Waals surface area contributed by atoms with Gasteiger partial charge >= 0.3 is 0 Å². The summed E-state index contributed by atoms with van der Waals surface area (Å²) in [6.45, 7) is 1.19. The molecule has 21 heavy (non-hydrogen) atoms. The lowest BCUT2D eigenvalue weighted by Crippen LogP contribution is -2.30. The summed E-state index contributed by atoms with van der Waals surface area (Å²) in [5, 5.41) is 9.52. The number of nitrogens with zero attached hydrogens (tertiary/aromatic N) is 1. The van der Waals surface area contributed by atoms with Crippen molar-refractivity contribution in [2.24, 2.45) is 0 Å². The van der Waals surface area contributed by atoms with Crippen molar-refractivity contribution in [1.82, 2.24) is 4.90 Å². The maximum Gasteiger partial charge on any atom is 0.290 e. The number of hydrogen-bond donors (Lipinski definition) is 1. The Hall–Kier alpha value is -2.27. The minimum absolute atomic E-state index is 0.191. The minimum atomic E-state index is -0.437. The smallest absolute Gasteiger partial charge is 0.290 e. The molecular formula is C16H17NO4. The monoisotopic (exact) mass is 287 g/mol. The number of carbonyl (C=O) groups excluding carboxylic acids is 1. The Bertz CT molecular complexity index is 608. The van der Waals surface area contributed by atoms with Crippen LogP contribution < -0.4 is 4.74 Å². The van der Waals surface area contributed by atoms with E-state index in [-0.39, 0.29) is 12.5 Å². The van der Waals surface area contributed by atoms with Crippen molar-refractivity contribution in [3.8, 4) is 5.75 Å². The molecule has 5 nitrogen and oxygen atoms in total. The standard InChI is InChI=1S/C16H17NO4/c18-13-6-8-17(10-13)16(19)15-12(7-9-20-15)11-21-14-4-2-1-3-5-14/h1-5,7,9,13,18H,6,8,10-11H2/t13-/m1/s1. The summed E-state index contributed by atoms with van der Waals surface area (Å²) in [4.78, 5) is 14.0. The molecule has 2 aromatic rings. The molecule has 0 radical (unpaired) electrons. The second-order valence-corrected chi connectivity index (χ2v) is 5.07. The summed E-state index contributed by atoms with van der Waals surface area (Å²) in [5.41, 5.74) is 0.713. The first-order valence-corrected chi connectivity index (χ1v) is 6.95. The second kappa shape index (κ2) is 6.01. The summed E-state index contributed by atoms with van der Waals surface area (Å²) >= 11 is 0. The molecule has 2 heterocycles. The molecule has 110 valence electrons. The van der Waals surface area contributed by atoms with Crippen LogP contribution in [0.1, 0.15) is 22.5 Å². The summed E-state index contributed by atoms with van der Waals surface area (Å²) in [6, 6.07) is 11.2. The van der Waals surface area contributed by atoms with E-state index in [1.54, 1.807) is 11.0 Å². The molecular weight excluding hydrogens is 270 g/mol. The molecule has 1 aromatic heterocycles. The van der Waals surface area contributed by atoms with Gasteiger partial charge in [-0.2, -0.15) is 0 Å². The molecule has 1 saturated heterocycles. The van der Waals surface area contributed by atoms with Gasteiger partial charge in [0.1, 0.15) is 12.4 Å². The van der Waals surface area contributed by atoms with Gasteiger partial charge < -0.3 is 19.2 Å². The summed E-state index contributed by atoms with van der Waals surface area (Å²) in [6.07, 6.45) is 1.67. The van der Waals surface area contributed by atoms with E-state index in [0.717, 1.165) is 5.75 Å². The van der Waals surface area contributed by atoms with Crippen molar-refractivity contribution in [3.05, 3.63) is 54.0 Å². The minimum Gasteiger partial charge on any atom is -0.489 e. The molecule has 1 aliphatic rings. The van der Waals surface area contributed by atoms with Crippen LogP contribution in [0.3, 0.4) is 0 Å². The van der Waals surface area contributed by atoms with Gasteiger partial charge in [0, 0.05) is 18.7 Å². The number of rotatable bonds is 4. The van der Waals surface area contributed by atoms with Crippen molar-refractivity contribution in [2.75, 3.05) is 13.1 Å². The number of amides is 1. The number of aliphatic hydroxyl groups is 1. The van der Waals surface area contributed by atoms with E-state index >= 15 is 0 Å². The van der Waals surface area contributed by atoms with Crippen LogP contribution in [0.2, 0.25) is 0 Å². The van der Waals surface area contributed by atoms with Gasteiger partial charge in [0.25, 0.3) is 5.91 Å². The third-order valence-corrected chi connectivity index (χ3v) is 3.53. The van der Waals surface area contributed by atoms with Crippen molar-refractivity contribution in [2.45, 2.75) is 19.1 Å². The number of furan rings is 1. The third-order valence-electron chi connectivity index (χ3n) is 3.53. The first-order valence-electron chi connectivity index (χ1n) is 6.95. The summed E-state index contributed by atoms with van der Waals surface area (Å²) in [5.74, 6) is 0.844. The van der Waals surface area contributed by atoms with Crippen LogP contribution in [-0.4, -0.2) is 35.1 Å². The van der Waals surface area contributed by atoms with Gasteiger partial charge in [-0.1, -0.05) is 18.2 Å². The normalized spacial score (nSPS) is 18.0. The van der Waals surface area contributed by atoms with Crippen LogP contribution in [0.15, 0.2) is 47.1 Å². The van der Waals surface area contributed by atoms with Gasteiger partial charge in [0.15, 0.2) is 5.76 Å². The molecule has 0 unspecified atom stereocenters. The number of aliphatic hydroxyl groups excluding tert-OH is 1. The largest absolute Gasteiger partial charge is 0.489 e. The van der Waals surface area contributed by atoms with Gasteiger partial charge in [-0.25, -0.2) is 0 Å². The quantitative estimate of drug-likeness (QED) is 0.935. The fourth-order valence-corrected chi connectivity index (χ4v) is 2.38. The second-order valence-electron chi connectivity index (χ2n) is 5.07. The van der Waals surface area contributed by atoms with Gasteiger partial charge in [-0.3, -0.25) is 4.79 Å². The number of para-hydroxylation sites is 1. The average molecular weight is 287 g/mol. The van der Waals surface area contributed by atoms with E-state index in [9.17, 15) is 9.90 Å². The lowest BCUT2D eigenvalue weighted by Gasteiger charge is -2.14. The molecule has 0 bridgehead atoms. The lowest BCUT2D eigenvalue weighted by molar-refractivity contribution is 0.0730. The van der Waals surface area contributed by atoms with Crippen LogP contribution in [0.25, 0.3) is 0 Å². The highest BCUT2D eigenvalue weighted by Crippen LogP contribution is 2.19. The molecule has 1 fully saturated rings. The van der Waals surface area contributed by atoms with E-state index in [0.29, 0.717) is 30.8 Å². The highest BCUT2D eigenvalue weighted by atomic mass is 16.5. The zero-order valence-corrected chi connectivity index (χ0v) is 11.6. The zero-order valence-electron chi connectivity index (χ0n) is 11.6. The Morgan fingerprint density at radius 1 is 1.33 bits per heavy atom. The fourth-order valence-electron chi connectivity index (χ4n) is 2.38. The summed E-state index contributed by atoms with van der Waals surface area (Å²) < 4.78 is 11.0. The van der Waals surface area contributed by atoms with E-state index in [4.69, 9.17) is 9.15 Å². The van der Waals surface area contributed by atoms with Crippen LogP contribution in [0, 0.1) is 0 Å². The first kappa shape index (κ1) is 13.7. The Kier molecular flexibility index (Phi) is 3.92. The van der Waals surface area contributed by atoms with E-state index in [1.165, 1.54) is 6.26 Å². The molecule has 1 atom stereocenters. The van der Waals surface area contributed by atoms with Crippen LogP contribution in [-0.2, 0) is 6.61 Å². The molecule has 0 aliphatic carbocycles. The SMILES string of the molecule is O=C(c1occc1COc1ccccc1)N1CC[C@@H](O)C1. The van der Waals surface area contributed by atoms with Gasteiger partial charge in [-0.05, 0) is 24.6 Å². The Morgan fingerprint density at radius 2 is 2.14 bits per heavy atom. The molecule has 1 amide bonds. The first-order chi connectivity index (χ1) is 10.2. The summed E-state index contributed by atoms with van der Waals surface area (Å²) in [7, 11) is 0. The highest BCUT2D eigenvalue weighted by Gasteiger charge is 2.28. The fraction of sp³-hybridized carbons (Fsp3) is 0.312. The van der Waals surface area contributed by atoms with E-state index in [2.05, 4.69) is 0 Å². The molecule has 3 rings (SSSR count). The highest BCUT2D eigenvalue weighted by molar-refractivity contribution is 5.93. The number of benzene rings is 1. The molecule has 1 aliphatic heterocycles. The Morgan fingerprint density at radius 3 is 2.86 bits per heavy atom. The van der Waals surface area contributed by atoms with E-state index in [1.807, 2.05) is 30.3 Å². The number of β-amino-alcohol motifs (C(OH)–C–C–N with tert-alkyl or cyclic N) is 1. The Balaban J connectivity index is 1.68. The molecule has 0 saturated carbocycles. The zero-order chi connectivity index (χ0) is 14.7. The third kappa shape index (κ3) is 3.08. The van der Waals surface area contributed by atoms with Gasteiger partial charge in [0.2, 0.25) is 0 Å². The number of carbonyl (C=O) groups is 1. The Labute approximate surface area is 122 Å². The predicted octanol–water partition coefficient (Wildman–Crippen LogP) is 2.07. The van der Waals surface area contributed by atoms with Crippen molar-refractivity contribution in [1.29, 1.82) is 0 Å². The number of ether oxygens (including phenoxy) is 1. The maximum atomic E-state index is 12.4. The van der Waals surface area contributed by atoms with Gasteiger partial charge in [0.05, 0.1) is 12.4 Å². The van der Waals surface area contributed by atoms with Crippen LogP contribution in [0.4, 0.5) is 0 Å². The molecule has 1 aromatic carbocycles. The lowest BCUT2D eigenvalue weighted by atomic mass is 10.2. The average Bonchev–Trinajstić information content (AvgIpc) is 3.14.